The summed E-state index contributed by atoms with van der Waals surface area (Å²) in [7, 11) is 0. The molecule has 0 bridgehead atoms. The van der Waals surface area contributed by atoms with Gasteiger partial charge in [-0.1, -0.05) is 6.92 Å². The smallest absolute Gasteiger partial charge is 0.178 e. The molecule has 6 heteroatoms. The number of thiophene rings is 1. The van der Waals surface area contributed by atoms with Gasteiger partial charge in [-0.25, -0.2) is 0 Å². The third-order valence-corrected chi connectivity index (χ3v) is 4.68. The van der Waals surface area contributed by atoms with Gasteiger partial charge in [0, 0.05) is 19.1 Å². The normalized spacial score (nSPS) is 21.5. The van der Waals surface area contributed by atoms with E-state index < -0.39 is 0 Å². The first-order chi connectivity index (χ1) is 10.1. The maximum absolute atomic E-state index is 9.13. The number of anilines is 2. The Bertz CT molecular complexity index is 522. The van der Waals surface area contributed by atoms with E-state index in [0.29, 0.717) is 28.3 Å². The molecule has 2 rings (SSSR count). The van der Waals surface area contributed by atoms with Crippen molar-refractivity contribution in [3.63, 3.8) is 0 Å². The van der Waals surface area contributed by atoms with Gasteiger partial charge in [0.25, 0.3) is 0 Å². The zero-order chi connectivity index (χ0) is 15.4. The Morgan fingerprint density at radius 1 is 1.57 bits per heavy atom. The van der Waals surface area contributed by atoms with Crippen LogP contribution in [-0.4, -0.2) is 25.4 Å². The lowest BCUT2D eigenvalue weighted by atomic mass is 10.00. The second-order valence-electron chi connectivity index (χ2n) is 5.53. The summed E-state index contributed by atoms with van der Waals surface area (Å²) in [5.41, 5.74) is 6.44. The number of nitrogen functional groups attached to an aromatic ring is 1. The summed E-state index contributed by atoms with van der Waals surface area (Å²) >= 11 is 1.36. The highest BCUT2D eigenvalue weighted by atomic mass is 32.1. The van der Waals surface area contributed by atoms with Crippen molar-refractivity contribution in [1.82, 2.24) is 0 Å². The van der Waals surface area contributed by atoms with Crippen molar-refractivity contribution >= 4 is 22.0 Å². The summed E-state index contributed by atoms with van der Waals surface area (Å²) in [6, 6.07) is 2.13. The molecule has 0 aromatic carbocycles. The van der Waals surface area contributed by atoms with Gasteiger partial charge in [-0.3, -0.25) is 0 Å². The molecule has 2 atom stereocenters. The van der Waals surface area contributed by atoms with Crippen LogP contribution in [0.1, 0.15) is 38.5 Å². The number of nitrogens with zero attached hydrogens (tertiary/aromatic N) is 1. The fourth-order valence-electron chi connectivity index (χ4n) is 2.58. The summed E-state index contributed by atoms with van der Waals surface area (Å²) in [4.78, 5) is 0.503. The Balaban J connectivity index is 2.10. The van der Waals surface area contributed by atoms with Crippen LogP contribution in [0.15, 0.2) is 0 Å². The SMILES string of the molecule is CCC1OCCC1CNc1sc(C#N)c(N)c1OC(C)C. The highest BCUT2D eigenvalue weighted by molar-refractivity contribution is 7.17. The van der Waals surface area contributed by atoms with Crippen molar-refractivity contribution in [3.05, 3.63) is 4.88 Å². The van der Waals surface area contributed by atoms with Crippen molar-refractivity contribution in [2.24, 2.45) is 5.92 Å². The Labute approximate surface area is 130 Å². The van der Waals surface area contributed by atoms with Crippen LogP contribution < -0.4 is 15.8 Å². The third kappa shape index (κ3) is 3.60. The molecule has 1 fully saturated rings. The molecule has 3 N–H and O–H groups in total. The van der Waals surface area contributed by atoms with Crippen molar-refractivity contribution in [2.45, 2.75) is 45.8 Å². The largest absolute Gasteiger partial charge is 0.486 e. The molecule has 0 amide bonds. The number of nitrogens with two attached hydrogens (primary N) is 1. The molecule has 2 unspecified atom stereocenters. The Morgan fingerprint density at radius 2 is 2.33 bits per heavy atom. The highest BCUT2D eigenvalue weighted by Gasteiger charge is 2.27. The summed E-state index contributed by atoms with van der Waals surface area (Å²) in [6.07, 6.45) is 2.43. The Morgan fingerprint density at radius 3 is 2.95 bits per heavy atom. The van der Waals surface area contributed by atoms with E-state index >= 15 is 0 Å². The van der Waals surface area contributed by atoms with Crippen LogP contribution in [0.5, 0.6) is 5.75 Å². The van der Waals surface area contributed by atoms with Crippen LogP contribution in [0.2, 0.25) is 0 Å². The molecule has 5 nitrogen and oxygen atoms in total. The Kier molecular flexibility index (Phi) is 5.32. The topological polar surface area (TPSA) is 80.3 Å². The van der Waals surface area contributed by atoms with Gasteiger partial charge in [0.1, 0.15) is 21.6 Å². The molecule has 0 saturated carbocycles. The van der Waals surface area contributed by atoms with Crippen LogP contribution in [0.4, 0.5) is 10.7 Å². The van der Waals surface area contributed by atoms with Crippen molar-refractivity contribution in [3.8, 4) is 11.8 Å². The van der Waals surface area contributed by atoms with Gasteiger partial charge in [-0.15, -0.1) is 11.3 Å². The van der Waals surface area contributed by atoms with Crippen LogP contribution in [0.3, 0.4) is 0 Å². The number of rotatable bonds is 6. The first-order valence-electron chi connectivity index (χ1n) is 7.41. The van der Waals surface area contributed by atoms with Gasteiger partial charge in [-0.2, -0.15) is 5.26 Å². The molecule has 1 aromatic rings. The number of ether oxygens (including phenoxy) is 2. The predicted octanol–water partition coefficient (Wildman–Crippen LogP) is 3.22. The monoisotopic (exact) mass is 309 g/mol. The number of hydrogen-bond acceptors (Lipinski definition) is 6. The first-order valence-corrected chi connectivity index (χ1v) is 8.22. The van der Waals surface area contributed by atoms with Crippen LogP contribution in [0, 0.1) is 17.2 Å². The molecule has 0 radical (unpaired) electrons. The van der Waals surface area contributed by atoms with E-state index in [1.54, 1.807) is 0 Å². The minimum absolute atomic E-state index is 0.0206. The third-order valence-electron chi connectivity index (χ3n) is 3.63. The average molecular weight is 309 g/mol. The van der Waals surface area contributed by atoms with Gasteiger partial charge in [-0.05, 0) is 26.7 Å². The van der Waals surface area contributed by atoms with Gasteiger partial charge in [0.05, 0.1) is 12.2 Å². The second-order valence-corrected chi connectivity index (χ2v) is 6.55. The lowest BCUT2D eigenvalue weighted by Gasteiger charge is -2.18. The minimum Gasteiger partial charge on any atom is -0.486 e. The molecule has 1 aliphatic heterocycles. The molecule has 0 spiro atoms. The summed E-state index contributed by atoms with van der Waals surface area (Å²) < 4.78 is 11.5. The van der Waals surface area contributed by atoms with Crippen molar-refractivity contribution < 1.29 is 9.47 Å². The van der Waals surface area contributed by atoms with Crippen molar-refractivity contribution in [1.29, 1.82) is 5.26 Å². The first kappa shape index (κ1) is 15.9. The van der Waals surface area contributed by atoms with Gasteiger partial charge < -0.3 is 20.5 Å². The summed E-state index contributed by atoms with van der Waals surface area (Å²) in [5.74, 6) is 1.11. The van der Waals surface area contributed by atoms with Crippen LogP contribution >= 0.6 is 11.3 Å². The molecule has 2 heterocycles. The molecule has 116 valence electrons. The van der Waals surface area contributed by atoms with E-state index in [0.717, 1.165) is 31.0 Å². The minimum atomic E-state index is 0.0206. The molecule has 1 aromatic heterocycles. The van der Waals surface area contributed by atoms with Crippen LogP contribution in [0.25, 0.3) is 0 Å². The number of hydrogen-bond donors (Lipinski definition) is 2. The second kappa shape index (κ2) is 7.01. The van der Waals surface area contributed by atoms with E-state index in [9.17, 15) is 0 Å². The van der Waals surface area contributed by atoms with E-state index in [2.05, 4.69) is 18.3 Å². The Hall–Kier alpha value is -1.45. The molecular formula is C15H23N3O2S. The summed E-state index contributed by atoms with van der Waals surface area (Å²) in [6.45, 7) is 7.69. The lowest BCUT2D eigenvalue weighted by Crippen LogP contribution is -2.22. The number of nitrogens with one attached hydrogen (secondary N) is 1. The maximum Gasteiger partial charge on any atom is 0.178 e. The average Bonchev–Trinajstić information content (AvgIpc) is 3.02. The van der Waals surface area contributed by atoms with Gasteiger partial charge in [0.15, 0.2) is 5.75 Å². The molecule has 21 heavy (non-hydrogen) atoms. The van der Waals surface area contributed by atoms with E-state index in [1.807, 2.05) is 13.8 Å². The van der Waals surface area contributed by atoms with Crippen molar-refractivity contribution in [2.75, 3.05) is 24.2 Å². The molecule has 1 saturated heterocycles. The maximum atomic E-state index is 9.13. The van der Waals surface area contributed by atoms with E-state index in [4.69, 9.17) is 20.5 Å². The quantitative estimate of drug-likeness (QED) is 0.843. The zero-order valence-corrected chi connectivity index (χ0v) is 13.6. The predicted molar refractivity (Wildman–Crippen MR) is 85.8 cm³/mol. The molecule has 0 aliphatic carbocycles. The fraction of sp³-hybridized carbons (Fsp3) is 0.667. The highest BCUT2D eigenvalue weighted by Crippen LogP contribution is 2.43. The van der Waals surface area contributed by atoms with Crippen LogP contribution in [-0.2, 0) is 4.74 Å². The van der Waals surface area contributed by atoms with Gasteiger partial charge >= 0.3 is 0 Å². The van der Waals surface area contributed by atoms with E-state index in [1.165, 1.54) is 11.3 Å². The molecule has 1 aliphatic rings. The lowest BCUT2D eigenvalue weighted by molar-refractivity contribution is 0.0900. The van der Waals surface area contributed by atoms with E-state index in [-0.39, 0.29) is 6.10 Å². The fourth-order valence-corrected chi connectivity index (χ4v) is 3.44. The number of nitriles is 1. The van der Waals surface area contributed by atoms with Gasteiger partial charge in [0.2, 0.25) is 0 Å². The summed E-state index contributed by atoms with van der Waals surface area (Å²) in [5, 5.41) is 13.4. The molecular weight excluding hydrogens is 286 g/mol. The standard InChI is InChI=1S/C15H23N3O2S/c1-4-11-10(5-6-19-11)8-18-15-14(20-9(2)3)13(17)12(7-16)21-15/h9-11,18H,4-6,8,17H2,1-3H3. The zero-order valence-electron chi connectivity index (χ0n) is 12.8.